The molecular formula is C20H26ClN3O3S. The number of carbonyl (C=O) groups is 1. The third-order valence-electron chi connectivity index (χ3n) is 4.89. The summed E-state index contributed by atoms with van der Waals surface area (Å²) in [4.78, 5) is 14.9. The molecule has 1 aromatic carbocycles. The number of benzene rings is 1. The summed E-state index contributed by atoms with van der Waals surface area (Å²) in [7, 11) is 0. The maximum absolute atomic E-state index is 12.9. The van der Waals surface area contributed by atoms with E-state index in [9.17, 15) is 4.79 Å². The van der Waals surface area contributed by atoms with E-state index in [1.807, 2.05) is 18.7 Å². The zero-order valence-electron chi connectivity index (χ0n) is 16.3. The molecule has 1 aliphatic rings. The Morgan fingerprint density at radius 1 is 1.29 bits per heavy atom. The summed E-state index contributed by atoms with van der Waals surface area (Å²) < 4.78 is 11.2. The third-order valence-corrected chi connectivity index (χ3v) is 6.06. The van der Waals surface area contributed by atoms with Gasteiger partial charge in [0.1, 0.15) is 5.75 Å². The highest BCUT2D eigenvalue weighted by molar-refractivity contribution is 8.00. The van der Waals surface area contributed by atoms with Crippen molar-refractivity contribution in [1.82, 2.24) is 15.1 Å². The van der Waals surface area contributed by atoms with Crippen molar-refractivity contribution in [2.24, 2.45) is 0 Å². The van der Waals surface area contributed by atoms with E-state index in [0.717, 1.165) is 19.4 Å². The number of thioether (sulfide) groups is 1. The Morgan fingerprint density at radius 2 is 2.00 bits per heavy atom. The molecule has 0 spiro atoms. The van der Waals surface area contributed by atoms with Crippen molar-refractivity contribution in [3.05, 3.63) is 35.2 Å². The third kappa shape index (κ3) is 5.64. The number of hydrogen-bond acceptors (Lipinski definition) is 6. The molecule has 6 nitrogen and oxygen atoms in total. The predicted molar refractivity (Wildman–Crippen MR) is 110 cm³/mol. The molecule has 0 aliphatic heterocycles. The lowest BCUT2D eigenvalue weighted by molar-refractivity contribution is -0.133. The Balaban J connectivity index is 1.52. The number of halogens is 1. The summed E-state index contributed by atoms with van der Waals surface area (Å²) in [5.74, 6) is 1.18. The van der Waals surface area contributed by atoms with Gasteiger partial charge in [-0.2, -0.15) is 0 Å². The van der Waals surface area contributed by atoms with E-state index < -0.39 is 0 Å². The topological polar surface area (TPSA) is 68.5 Å². The van der Waals surface area contributed by atoms with Crippen LogP contribution in [-0.2, 0) is 11.4 Å². The molecular weight excluding hydrogens is 398 g/mol. The minimum Gasteiger partial charge on any atom is -0.484 e. The van der Waals surface area contributed by atoms with Gasteiger partial charge in [0.2, 0.25) is 5.91 Å². The molecule has 1 unspecified atom stereocenters. The standard InChI is InChI=1S/C20H26ClN3O3S/c1-3-24(16-7-5-4-6-8-16)19(25)14(2)28-20-23-22-18(27-20)13-26-17-11-9-15(21)10-12-17/h9-12,14,16H,3-8,13H2,1-2H3. The second-order valence-electron chi connectivity index (χ2n) is 6.88. The Labute approximate surface area is 175 Å². The molecule has 0 N–H and O–H groups in total. The summed E-state index contributed by atoms with van der Waals surface area (Å²) in [5.41, 5.74) is 0. The minimum atomic E-state index is -0.271. The van der Waals surface area contributed by atoms with Crippen molar-refractivity contribution in [3.63, 3.8) is 0 Å². The normalized spacial score (nSPS) is 16.0. The Morgan fingerprint density at radius 3 is 2.68 bits per heavy atom. The first-order valence-electron chi connectivity index (χ1n) is 9.74. The van der Waals surface area contributed by atoms with E-state index >= 15 is 0 Å². The molecule has 28 heavy (non-hydrogen) atoms. The molecule has 1 atom stereocenters. The monoisotopic (exact) mass is 423 g/mol. The van der Waals surface area contributed by atoms with Crippen LogP contribution in [0.5, 0.6) is 5.75 Å². The van der Waals surface area contributed by atoms with Crippen LogP contribution in [-0.4, -0.2) is 38.8 Å². The molecule has 3 rings (SSSR count). The van der Waals surface area contributed by atoms with Crippen LogP contribution in [0.25, 0.3) is 0 Å². The molecule has 152 valence electrons. The minimum absolute atomic E-state index is 0.136. The molecule has 0 bridgehead atoms. The van der Waals surface area contributed by atoms with Gasteiger partial charge in [0.15, 0.2) is 6.61 Å². The number of amides is 1. The molecule has 0 radical (unpaired) electrons. The highest BCUT2D eigenvalue weighted by Gasteiger charge is 2.29. The van der Waals surface area contributed by atoms with Crippen LogP contribution in [0.1, 0.15) is 51.8 Å². The molecule has 8 heteroatoms. The zero-order chi connectivity index (χ0) is 19.9. The lowest BCUT2D eigenvalue weighted by Crippen LogP contribution is -2.44. The largest absolute Gasteiger partial charge is 0.484 e. The Bertz CT molecular complexity index is 762. The average molecular weight is 424 g/mol. The van der Waals surface area contributed by atoms with E-state index in [4.69, 9.17) is 20.8 Å². The number of ether oxygens (including phenoxy) is 1. The Hall–Kier alpha value is -1.73. The van der Waals surface area contributed by atoms with Crippen LogP contribution in [0.3, 0.4) is 0 Å². The van der Waals surface area contributed by atoms with E-state index in [1.165, 1.54) is 31.0 Å². The van der Waals surface area contributed by atoms with Gasteiger partial charge in [0.25, 0.3) is 11.1 Å². The molecule has 0 saturated heterocycles. The molecule has 1 aliphatic carbocycles. The van der Waals surface area contributed by atoms with Crippen molar-refractivity contribution in [2.45, 2.75) is 69.1 Å². The number of rotatable bonds is 8. The number of aromatic nitrogens is 2. The van der Waals surface area contributed by atoms with Crippen molar-refractivity contribution in [1.29, 1.82) is 0 Å². The lowest BCUT2D eigenvalue weighted by atomic mass is 9.94. The zero-order valence-corrected chi connectivity index (χ0v) is 17.8. The lowest BCUT2D eigenvalue weighted by Gasteiger charge is -2.34. The number of nitrogens with zero attached hydrogens (tertiary/aromatic N) is 3. The maximum Gasteiger partial charge on any atom is 0.277 e. The molecule has 1 amide bonds. The predicted octanol–water partition coefficient (Wildman–Crippen LogP) is 4.96. The second kappa shape index (κ2) is 10.2. The summed E-state index contributed by atoms with van der Waals surface area (Å²) in [5, 5.41) is 8.80. The first-order chi connectivity index (χ1) is 13.6. The number of hydrogen-bond donors (Lipinski definition) is 0. The fraction of sp³-hybridized carbons (Fsp3) is 0.550. The van der Waals surface area contributed by atoms with Gasteiger partial charge in [-0.3, -0.25) is 4.79 Å². The first kappa shape index (κ1) is 21.0. The summed E-state index contributed by atoms with van der Waals surface area (Å²) >= 11 is 7.16. The van der Waals surface area contributed by atoms with Crippen LogP contribution in [0.15, 0.2) is 33.9 Å². The van der Waals surface area contributed by atoms with Gasteiger partial charge in [-0.1, -0.05) is 42.6 Å². The first-order valence-corrected chi connectivity index (χ1v) is 11.0. The van der Waals surface area contributed by atoms with Crippen LogP contribution >= 0.6 is 23.4 Å². The second-order valence-corrected chi connectivity index (χ2v) is 8.61. The molecule has 2 aromatic rings. The molecule has 1 saturated carbocycles. The molecule has 1 heterocycles. The van der Waals surface area contributed by atoms with Gasteiger partial charge in [0.05, 0.1) is 5.25 Å². The van der Waals surface area contributed by atoms with E-state index in [1.54, 1.807) is 24.3 Å². The van der Waals surface area contributed by atoms with E-state index in [-0.39, 0.29) is 17.8 Å². The fourth-order valence-electron chi connectivity index (χ4n) is 3.44. The summed E-state index contributed by atoms with van der Waals surface area (Å²) in [6.07, 6.45) is 5.88. The van der Waals surface area contributed by atoms with Crippen LogP contribution in [0, 0.1) is 0 Å². The highest BCUT2D eigenvalue weighted by atomic mass is 35.5. The van der Waals surface area contributed by atoms with Crippen LogP contribution < -0.4 is 4.74 Å². The van der Waals surface area contributed by atoms with Crippen molar-refractivity contribution in [2.75, 3.05) is 6.54 Å². The maximum atomic E-state index is 12.9. The van der Waals surface area contributed by atoms with Gasteiger partial charge in [-0.15, -0.1) is 10.2 Å². The van der Waals surface area contributed by atoms with Crippen molar-refractivity contribution < 1.29 is 13.9 Å². The highest BCUT2D eigenvalue weighted by Crippen LogP contribution is 2.28. The fourth-order valence-corrected chi connectivity index (χ4v) is 4.34. The van der Waals surface area contributed by atoms with Gasteiger partial charge >= 0.3 is 0 Å². The number of carbonyl (C=O) groups excluding carboxylic acids is 1. The smallest absolute Gasteiger partial charge is 0.277 e. The summed E-state index contributed by atoms with van der Waals surface area (Å²) in [6, 6.07) is 7.43. The van der Waals surface area contributed by atoms with Gasteiger partial charge in [0, 0.05) is 17.6 Å². The molecule has 1 fully saturated rings. The average Bonchev–Trinajstić information content (AvgIpc) is 3.16. The van der Waals surface area contributed by atoms with Gasteiger partial charge < -0.3 is 14.1 Å². The van der Waals surface area contributed by atoms with Crippen LogP contribution in [0.2, 0.25) is 5.02 Å². The van der Waals surface area contributed by atoms with Gasteiger partial charge in [-0.25, -0.2) is 0 Å². The van der Waals surface area contributed by atoms with Crippen molar-refractivity contribution in [3.8, 4) is 5.75 Å². The van der Waals surface area contributed by atoms with E-state index in [0.29, 0.717) is 27.9 Å². The van der Waals surface area contributed by atoms with Crippen molar-refractivity contribution >= 4 is 29.3 Å². The molecule has 1 aromatic heterocycles. The SMILES string of the molecule is CCN(C(=O)C(C)Sc1nnc(COc2ccc(Cl)cc2)o1)C1CCCCC1. The van der Waals surface area contributed by atoms with Gasteiger partial charge in [-0.05, 0) is 51.0 Å². The Kier molecular flexibility index (Phi) is 7.62. The van der Waals surface area contributed by atoms with Crippen LogP contribution in [0.4, 0.5) is 0 Å². The van der Waals surface area contributed by atoms with E-state index in [2.05, 4.69) is 10.2 Å². The quantitative estimate of drug-likeness (QED) is 0.558. The summed E-state index contributed by atoms with van der Waals surface area (Å²) in [6.45, 7) is 4.84.